The third-order valence-electron chi connectivity index (χ3n) is 6.98. The average Bonchev–Trinajstić information content (AvgIpc) is 3.59. The van der Waals surface area contributed by atoms with Gasteiger partial charge in [-0.15, -0.1) is 10.2 Å². The predicted molar refractivity (Wildman–Crippen MR) is 139 cm³/mol. The van der Waals surface area contributed by atoms with Crippen molar-refractivity contribution < 1.29 is 19.0 Å². The minimum atomic E-state index is -0.501. The molecule has 1 saturated heterocycles. The third-order valence-corrected chi connectivity index (χ3v) is 7.21. The summed E-state index contributed by atoms with van der Waals surface area (Å²) in [4.78, 5) is 16.9. The van der Waals surface area contributed by atoms with Crippen molar-refractivity contribution in [3.05, 3.63) is 34.3 Å². The van der Waals surface area contributed by atoms with Crippen LogP contribution < -0.4 is 9.64 Å². The minimum Gasteiger partial charge on any atom is -0.467 e. The first-order valence-electron chi connectivity index (χ1n) is 12.8. The summed E-state index contributed by atoms with van der Waals surface area (Å²) < 4.78 is 16.6. The number of hydrogen-bond acceptors (Lipinski definition) is 7. The number of hydrogen-bond donors (Lipinski definition) is 0. The van der Waals surface area contributed by atoms with E-state index in [1.165, 1.54) is 11.1 Å². The molecule has 36 heavy (non-hydrogen) atoms. The second-order valence-corrected chi connectivity index (χ2v) is 11.3. The van der Waals surface area contributed by atoms with Crippen molar-refractivity contribution in [3.8, 4) is 17.0 Å². The second-order valence-electron chi connectivity index (χ2n) is 10.9. The zero-order valence-electron chi connectivity index (χ0n) is 21.6. The van der Waals surface area contributed by atoms with Crippen LogP contribution in [0, 0.1) is 0 Å². The lowest BCUT2D eigenvalue weighted by molar-refractivity contribution is 0.0198. The Labute approximate surface area is 217 Å². The van der Waals surface area contributed by atoms with Gasteiger partial charge in [0.1, 0.15) is 17.0 Å². The molecular formula is C27H35ClN4O4. The smallest absolute Gasteiger partial charge is 0.410 e. The van der Waals surface area contributed by atoms with Gasteiger partial charge in [-0.1, -0.05) is 11.6 Å². The molecule has 0 unspecified atom stereocenters. The monoisotopic (exact) mass is 514 g/mol. The van der Waals surface area contributed by atoms with E-state index in [1.807, 2.05) is 37.8 Å². The zero-order valence-corrected chi connectivity index (χ0v) is 22.3. The molecule has 0 spiro atoms. The molecular weight excluding hydrogens is 480 g/mol. The number of ether oxygens (including phenoxy) is 3. The van der Waals surface area contributed by atoms with Crippen molar-refractivity contribution in [1.29, 1.82) is 0 Å². The first-order chi connectivity index (χ1) is 17.2. The second kappa shape index (κ2) is 10.1. The van der Waals surface area contributed by atoms with Crippen LogP contribution in [0.1, 0.15) is 63.5 Å². The Balaban J connectivity index is 1.44. The van der Waals surface area contributed by atoms with Gasteiger partial charge >= 0.3 is 6.09 Å². The van der Waals surface area contributed by atoms with Gasteiger partial charge < -0.3 is 24.0 Å². The first-order valence-corrected chi connectivity index (χ1v) is 13.2. The highest BCUT2D eigenvalue weighted by Gasteiger charge is 2.39. The summed E-state index contributed by atoms with van der Waals surface area (Å²) in [6, 6.07) is 5.83. The Morgan fingerprint density at radius 2 is 1.97 bits per heavy atom. The Bertz CT molecular complexity index is 1130. The van der Waals surface area contributed by atoms with E-state index in [0.29, 0.717) is 23.2 Å². The van der Waals surface area contributed by atoms with Crippen LogP contribution in [0.2, 0.25) is 5.02 Å². The summed E-state index contributed by atoms with van der Waals surface area (Å²) in [5.74, 6) is 2.10. The molecule has 1 aromatic carbocycles. The number of fused-ring (bicyclic) bond motifs is 1. The summed E-state index contributed by atoms with van der Waals surface area (Å²) in [6.07, 6.45) is 4.97. The number of benzene rings is 1. The molecule has 2 aromatic rings. The maximum absolute atomic E-state index is 12.7. The normalized spacial score (nSPS) is 19.9. The predicted octanol–water partition coefficient (Wildman–Crippen LogP) is 5.42. The lowest BCUT2D eigenvalue weighted by Gasteiger charge is -2.38. The van der Waals surface area contributed by atoms with Crippen LogP contribution in [0.25, 0.3) is 11.3 Å². The number of nitrogens with zero attached hydrogens (tertiary/aromatic N) is 4. The maximum Gasteiger partial charge on any atom is 0.410 e. The number of methoxy groups -OCH3 is 1. The van der Waals surface area contributed by atoms with E-state index in [-0.39, 0.29) is 18.9 Å². The molecule has 5 rings (SSSR count). The number of carbonyl (C=O) groups is 1. The molecule has 0 radical (unpaired) electrons. The molecule has 2 aliphatic heterocycles. The molecule has 8 nitrogen and oxygen atoms in total. The van der Waals surface area contributed by atoms with Gasteiger partial charge in [0.05, 0.1) is 0 Å². The largest absolute Gasteiger partial charge is 0.467 e. The Morgan fingerprint density at radius 3 is 2.69 bits per heavy atom. The van der Waals surface area contributed by atoms with Crippen LogP contribution in [0.5, 0.6) is 5.75 Å². The van der Waals surface area contributed by atoms with Gasteiger partial charge in [-0.2, -0.15) is 0 Å². The van der Waals surface area contributed by atoms with Gasteiger partial charge in [-0.3, -0.25) is 0 Å². The van der Waals surface area contributed by atoms with Gasteiger partial charge in [-0.25, -0.2) is 4.79 Å². The molecule has 0 bridgehead atoms. The number of aromatic nitrogens is 2. The number of rotatable bonds is 6. The molecule has 1 amide bonds. The van der Waals surface area contributed by atoms with Gasteiger partial charge in [0, 0.05) is 48.9 Å². The molecule has 0 N–H and O–H groups in total. The molecule has 3 aliphatic rings. The van der Waals surface area contributed by atoms with E-state index in [4.69, 9.17) is 36.0 Å². The Kier molecular flexibility index (Phi) is 7.01. The highest BCUT2D eigenvalue weighted by atomic mass is 35.5. The highest BCUT2D eigenvalue weighted by molar-refractivity contribution is 6.30. The van der Waals surface area contributed by atoms with Crippen molar-refractivity contribution in [2.45, 2.75) is 70.4 Å². The van der Waals surface area contributed by atoms with Crippen LogP contribution in [0.15, 0.2) is 18.2 Å². The van der Waals surface area contributed by atoms with E-state index >= 15 is 0 Å². The average molecular weight is 515 g/mol. The fourth-order valence-electron chi connectivity index (χ4n) is 5.29. The van der Waals surface area contributed by atoms with E-state index in [9.17, 15) is 4.79 Å². The third kappa shape index (κ3) is 5.25. The molecule has 1 aliphatic carbocycles. The van der Waals surface area contributed by atoms with E-state index in [1.54, 1.807) is 13.2 Å². The summed E-state index contributed by atoms with van der Waals surface area (Å²) >= 11 is 6.27. The van der Waals surface area contributed by atoms with Crippen LogP contribution in [0.3, 0.4) is 0 Å². The number of amides is 1. The number of carbonyl (C=O) groups excluding carboxylic acids is 1. The Hall–Kier alpha value is -2.58. The summed E-state index contributed by atoms with van der Waals surface area (Å²) in [6.45, 7) is 8.10. The lowest BCUT2D eigenvalue weighted by Crippen LogP contribution is -2.50. The minimum absolute atomic E-state index is 0.133. The van der Waals surface area contributed by atoms with Crippen molar-refractivity contribution in [1.82, 2.24) is 15.1 Å². The van der Waals surface area contributed by atoms with E-state index in [0.717, 1.165) is 62.3 Å². The molecule has 1 aromatic heterocycles. The van der Waals surface area contributed by atoms with E-state index < -0.39 is 5.60 Å². The van der Waals surface area contributed by atoms with Crippen molar-refractivity contribution in [2.75, 3.05) is 38.4 Å². The number of halogens is 1. The van der Waals surface area contributed by atoms with Gasteiger partial charge in [0.15, 0.2) is 12.6 Å². The van der Waals surface area contributed by atoms with Crippen LogP contribution in [0.4, 0.5) is 10.6 Å². The molecule has 3 heterocycles. The van der Waals surface area contributed by atoms with Crippen LogP contribution in [-0.2, 0) is 15.9 Å². The summed E-state index contributed by atoms with van der Waals surface area (Å²) in [5, 5.41) is 10.1. The number of likely N-dealkylation sites (tertiary alicyclic amines) is 1. The van der Waals surface area contributed by atoms with Gasteiger partial charge in [-0.05, 0) is 82.6 Å². The van der Waals surface area contributed by atoms with Crippen molar-refractivity contribution in [3.63, 3.8) is 0 Å². The first kappa shape index (κ1) is 25.1. The topological polar surface area (TPSA) is 77.0 Å². The quantitative estimate of drug-likeness (QED) is 0.476. The fraction of sp³-hybridized carbons (Fsp3) is 0.593. The van der Waals surface area contributed by atoms with Gasteiger partial charge in [0.25, 0.3) is 0 Å². The lowest BCUT2D eigenvalue weighted by atomic mass is 9.96. The molecule has 2 fully saturated rings. The SMILES string of the molecule is COCOc1cc(Cl)ccc1-c1nnc2c(c1C1CC1)CCN2[C@@H]1CCCN(C(=O)OC(C)(C)C)C1. The highest BCUT2D eigenvalue weighted by Crippen LogP contribution is 2.50. The van der Waals surface area contributed by atoms with Crippen molar-refractivity contribution >= 4 is 23.5 Å². The number of piperidine rings is 1. The Morgan fingerprint density at radius 1 is 1.17 bits per heavy atom. The van der Waals surface area contributed by atoms with Gasteiger partial charge in [0.2, 0.25) is 0 Å². The van der Waals surface area contributed by atoms with Crippen LogP contribution in [-0.4, -0.2) is 66.4 Å². The summed E-state index contributed by atoms with van der Waals surface area (Å²) in [7, 11) is 1.60. The molecule has 1 atom stereocenters. The zero-order chi connectivity index (χ0) is 25.4. The standard InChI is InChI=1S/C27H35ClN4O4/c1-27(2,3)36-26(33)31-12-5-6-19(15-31)32-13-11-21-23(17-7-8-17)24(29-30-25(21)32)20-10-9-18(28)14-22(20)35-16-34-4/h9-10,14,17,19H,5-8,11-13,15-16H2,1-4H3/t19-/m1/s1. The molecule has 9 heteroatoms. The fourth-order valence-corrected chi connectivity index (χ4v) is 5.45. The molecule has 1 saturated carbocycles. The maximum atomic E-state index is 12.7. The summed E-state index contributed by atoms with van der Waals surface area (Å²) in [5.41, 5.74) is 3.83. The van der Waals surface area contributed by atoms with Crippen molar-refractivity contribution in [2.24, 2.45) is 0 Å². The number of anilines is 1. The van der Waals surface area contributed by atoms with E-state index in [2.05, 4.69) is 4.90 Å². The molecule has 194 valence electrons. The van der Waals surface area contributed by atoms with Crippen LogP contribution >= 0.6 is 11.6 Å².